The zero-order valence-electron chi connectivity index (χ0n) is 11.7. The number of thioether (sulfide) groups is 1. The van der Waals surface area contributed by atoms with Crippen LogP contribution in [0, 0.1) is 0 Å². The van der Waals surface area contributed by atoms with Crippen LogP contribution in [0.2, 0.25) is 0 Å². The number of amides is 2. The van der Waals surface area contributed by atoms with Crippen LogP contribution in [0.3, 0.4) is 0 Å². The molecular formula is C17H12N2O2S. The van der Waals surface area contributed by atoms with Crippen molar-refractivity contribution < 1.29 is 9.59 Å². The first kappa shape index (κ1) is 13.3. The average molecular weight is 308 g/mol. The summed E-state index contributed by atoms with van der Waals surface area (Å²) in [5.74, 6) is 0.122. The van der Waals surface area contributed by atoms with Gasteiger partial charge in [0.25, 0.3) is 5.24 Å². The van der Waals surface area contributed by atoms with Gasteiger partial charge < -0.3 is 0 Å². The molecule has 0 spiro atoms. The summed E-state index contributed by atoms with van der Waals surface area (Å²) in [6.07, 6.45) is 0. The minimum Gasteiger partial charge on any atom is -0.273 e. The second kappa shape index (κ2) is 5.10. The first-order valence-electron chi connectivity index (χ1n) is 6.96. The third-order valence-electron chi connectivity index (χ3n) is 3.76. The topological polar surface area (TPSA) is 50.3 Å². The van der Waals surface area contributed by atoms with E-state index in [0.29, 0.717) is 6.54 Å². The SMILES string of the molecule is O=C1CSC(=O)N1Cc1ccc2cc3ccccc3nc2c1. The highest BCUT2D eigenvalue weighted by molar-refractivity contribution is 8.14. The molecule has 3 aromatic rings. The van der Waals surface area contributed by atoms with E-state index in [1.165, 1.54) is 4.90 Å². The van der Waals surface area contributed by atoms with Gasteiger partial charge in [0.2, 0.25) is 5.91 Å². The number of aromatic nitrogens is 1. The molecule has 1 saturated heterocycles. The van der Waals surface area contributed by atoms with Crippen molar-refractivity contribution >= 4 is 44.7 Å². The molecule has 1 aromatic heterocycles. The monoisotopic (exact) mass is 308 g/mol. The summed E-state index contributed by atoms with van der Waals surface area (Å²) in [6, 6.07) is 16.0. The number of benzene rings is 2. The third kappa shape index (κ3) is 2.23. The molecular weight excluding hydrogens is 296 g/mol. The molecule has 108 valence electrons. The smallest absolute Gasteiger partial charge is 0.273 e. The standard InChI is InChI=1S/C17H12N2O2S/c20-16-10-22-17(21)19(16)9-11-5-6-13-8-12-3-1-2-4-14(12)18-15(13)7-11/h1-8H,9-10H2. The molecule has 1 fully saturated rings. The highest BCUT2D eigenvalue weighted by Crippen LogP contribution is 2.24. The van der Waals surface area contributed by atoms with Crippen molar-refractivity contribution in [2.45, 2.75) is 6.54 Å². The van der Waals surface area contributed by atoms with Gasteiger partial charge in [-0.05, 0) is 23.8 Å². The number of hydrogen-bond acceptors (Lipinski definition) is 4. The lowest BCUT2D eigenvalue weighted by Gasteiger charge is -2.13. The number of para-hydroxylation sites is 1. The molecule has 5 heteroatoms. The molecule has 0 aliphatic carbocycles. The van der Waals surface area contributed by atoms with Gasteiger partial charge in [0, 0.05) is 10.8 Å². The van der Waals surface area contributed by atoms with Crippen LogP contribution < -0.4 is 0 Å². The van der Waals surface area contributed by atoms with E-state index < -0.39 is 0 Å². The first-order chi connectivity index (χ1) is 10.7. The highest BCUT2D eigenvalue weighted by atomic mass is 32.2. The Morgan fingerprint density at radius 1 is 1.00 bits per heavy atom. The second-order valence-electron chi connectivity index (χ2n) is 5.24. The van der Waals surface area contributed by atoms with Crippen molar-refractivity contribution in [2.75, 3.05) is 5.75 Å². The number of fused-ring (bicyclic) bond motifs is 2. The number of rotatable bonds is 2. The summed E-state index contributed by atoms with van der Waals surface area (Å²) in [6.45, 7) is 0.315. The fourth-order valence-corrected chi connectivity index (χ4v) is 3.36. The normalized spacial score (nSPS) is 15.2. The van der Waals surface area contributed by atoms with Crippen LogP contribution >= 0.6 is 11.8 Å². The Kier molecular flexibility index (Phi) is 3.08. The predicted molar refractivity (Wildman–Crippen MR) is 87.7 cm³/mol. The Balaban J connectivity index is 1.75. The number of carbonyl (C=O) groups excluding carboxylic acids is 2. The maximum Gasteiger partial charge on any atom is 0.289 e. The number of nitrogens with zero attached hydrogens (tertiary/aromatic N) is 2. The summed E-state index contributed by atoms with van der Waals surface area (Å²) >= 11 is 1.06. The fraction of sp³-hybridized carbons (Fsp3) is 0.118. The number of pyridine rings is 1. The molecule has 4 rings (SSSR count). The van der Waals surface area contributed by atoms with E-state index in [1.807, 2.05) is 42.5 Å². The number of carbonyl (C=O) groups is 2. The molecule has 0 saturated carbocycles. The summed E-state index contributed by atoms with van der Waals surface area (Å²) in [5.41, 5.74) is 2.73. The summed E-state index contributed by atoms with van der Waals surface area (Å²) < 4.78 is 0. The Morgan fingerprint density at radius 3 is 2.64 bits per heavy atom. The number of imide groups is 1. The molecule has 0 atom stereocenters. The van der Waals surface area contributed by atoms with E-state index in [0.717, 1.165) is 39.1 Å². The van der Waals surface area contributed by atoms with Crippen molar-refractivity contribution in [2.24, 2.45) is 0 Å². The van der Waals surface area contributed by atoms with Crippen LogP contribution in [-0.2, 0) is 11.3 Å². The molecule has 1 aliphatic heterocycles. The van der Waals surface area contributed by atoms with Crippen LogP contribution in [0.1, 0.15) is 5.56 Å². The maximum atomic E-state index is 11.7. The highest BCUT2D eigenvalue weighted by Gasteiger charge is 2.29. The zero-order valence-corrected chi connectivity index (χ0v) is 12.5. The molecule has 22 heavy (non-hydrogen) atoms. The molecule has 2 amide bonds. The minimum absolute atomic E-state index is 0.124. The van der Waals surface area contributed by atoms with Crippen molar-refractivity contribution in [3.63, 3.8) is 0 Å². The van der Waals surface area contributed by atoms with Gasteiger partial charge in [-0.1, -0.05) is 42.1 Å². The third-order valence-corrected chi connectivity index (χ3v) is 4.62. The largest absolute Gasteiger partial charge is 0.289 e. The van der Waals surface area contributed by atoms with Crippen LogP contribution in [0.5, 0.6) is 0 Å². The van der Waals surface area contributed by atoms with Crippen molar-refractivity contribution in [3.8, 4) is 0 Å². The lowest BCUT2D eigenvalue weighted by atomic mass is 10.1. The van der Waals surface area contributed by atoms with E-state index in [1.54, 1.807) is 0 Å². The minimum atomic E-state index is -0.170. The van der Waals surface area contributed by atoms with Crippen molar-refractivity contribution in [3.05, 3.63) is 54.1 Å². The molecule has 0 radical (unpaired) electrons. The Morgan fingerprint density at radius 2 is 1.82 bits per heavy atom. The lowest BCUT2D eigenvalue weighted by Crippen LogP contribution is -2.27. The first-order valence-corrected chi connectivity index (χ1v) is 7.95. The van der Waals surface area contributed by atoms with E-state index in [4.69, 9.17) is 0 Å². The molecule has 0 unspecified atom stereocenters. The van der Waals surface area contributed by atoms with Crippen LogP contribution in [0.4, 0.5) is 4.79 Å². The van der Waals surface area contributed by atoms with Crippen molar-refractivity contribution in [1.29, 1.82) is 0 Å². The van der Waals surface area contributed by atoms with E-state index in [2.05, 4.69) is 11.1 Å². The summed E-state index contributed by atoms with van der Waals surface area (Å²) in [7, 11) is 0. The number of hydrogen-bond donors (Lipinski definition) is 0. The van der Waals surface area contributed by atoms with E-state index >= 15 is 0 Å². The van der Waals surface area contributed by atoms with Gasteiger partial charge in [-0.3, -0.25) is 14.5 Å². The Labute approximate surface area is 131 Å². The molecule has 2 aromatic carbocycles. The average Bonchev–Trinajstić information content (AvgIpc) is 2.85. The molecule has 0 bridgehead atoms. The predicted octanol–water partition coefficient (Wildman–Crippen LogP) is 3.58. The quantitative estimate of drug-likeness (QED) is 0.679. The van der Waals surface area contributed by atoms with E-state index in [9.17, 15) is 9.59 Å². The van der Waals surface area contributed by atoms with Gasteiger partial charge >= 0.3 is 0 Å². The molecule has 0 N–H and O–H groups in total. The van der Waals surface area contributed by atoms with Crippen molar-refractivity contribution in [1.82, 2.24) is 9.88 Å². The van der Waals surface area contributed by atoms with Gasteiger partial charge in [0.1, 0.15) is 0 Å². The summed E-state index contributed by atoms with van der Waals surface area (Å²) in [4.78, 5) is 29.3. The van der Waals surface area contributed by atoms with Gasteiger partial charge in [-0.2, -0.15) is 0 Å². The summed E-state index contributed by atoms with van der Waals surface area (Å²) in [5, 5.41) is 1.98. The molecule has 1 aliphatic rings. The van der Waals surface area contributed by atoms with Crippen LogP contribution in [-0.4, -0.2) is 26.8 Å². The second-order valence-corrected chi connectivity index (χ2v) is 6.17. The lowest BCUT2D eigenvalue weighted by molar-refractivity contribution is -0.125. The van der Waals surface area contributed by atoms with Crippen LogP contribution in [0.25, 0.3) is 21.8 Å². The van der Waals surface area contributed by atoms with Crippen LogP contribution in [0.15, 0.2) is 48.5 Å². The molecule has 2 heterocycles. The zero-order chi connectivity index (χ0) is 15.1. The Hall–Kier alpha value is -2.40. The Bertz CT molecular complexity index is 907. The maximum absolute atomic E-state index is 11.7. The molecule has 4 nitrogen and oxygen atoms in total. The van der Waals surface area contributed by atoms with Gasteiger partial charge in [0.15, 0.2) is 0 Å². The van der Waals surface area contributed by atoms with Gasteiger partial charge in [-0.25, -0.2) is 4.98 Å². The van der Waals surface area contributed by atoms with Gasteiger partial charge in [0.05, 0.1) is 23.3 Å². The van der Waals surface area contributed by atoms with Gasteiger partial charge in [-0.15, -0.1) is 0 Å². The van der Waals surface area contributed by atoms with E-state index in [-0.39, 0.29) is 16.9 Å². The fourth-order valence-electron chi connectivity index (χ4n) is 2.63.